The van der Waals surface area contributed by atoms with Gasteiger partial charge in [0.25, 0.3) is 0 Å². The molecule has 2 rings (SSSR count). The van der Waals surface area contributed by atoms with Gasteiger partial charge in [-0.3, -0.25) is 0 Å². The van der Waals surface area contributed by atoms with Gasteiger partial charge in [-0.1, -0.05) is 0 Å². The van der Waals surface area contributed by atoms with Crippen LogP contribution in [-0.2, 0) is 0 Å². The number of anilines is 1. The van der Waals surface area contributed by atoms with Crippen LogP contribution >= 0.6 is 31.9 Å². The van der Waals surface area contributed by atoms with E-state index in [0.717, 1.165) is 20.4 Å². The predicted octanol–water partition coefficient (Wildman–Crippen LogP) is 4.44. The quantitative estimate of drug-likeness (QED) is 0.881. The van der Waals surface area contributed by atoms with Crippen molar-refractivity contribution in [3.8, 4) is 11.6 Å². The number of benzene rings is 1. The number of pyridine rings is 1. The summed E-state index contributed by atoms with van der Waals surface area (Å²) in [7, 11) is 1.88. The second-order valence-corrected chi connectivity index (χ2v) is 5.09. The minimum atomic E-state index is 0.547. The molecule has 17 heavy (non-hydrogen) atoms. The molecule has 0 spiro atoms. The highest BCUT2D eigenvalue weighted by Gasteiger charge is 2.04. The van der Waals surface area contributed by atoms with Crippen molar-refractivity contribution in [1.82, 2.24) is 4.98 Å². The van der Waals surface area contributed by atoms with Crippen LogP contribution in [0.2, 0.25) is 0 Å². The van der Waals surface area contributed by atoms with E-state index >= 15 is 0 Å². The van der Waals surface area contributed by atoms with Crippen LogP contribution in [0.3, 0.4) is 0 Å². The summed E-state index contributed by atoms with van der Waals surface area (Å²) in [6.45, 7) is 0. The highest BCUT2D eigenvalue weighted by atomic mass is 79.9. The molecule has 1 aromatic heterocycles. The first-order valence-electron chi connectivity index (χ1n) is 4.96. The molecule has 3 nitrogen and oxygen atoms in total. The second-order valence-electron chi connectivity index (χ2n) is 3.32. The van der Waals surface area contributed by atoms with E-state index in [2.05, 4.69) is 42.2 Å². The largest absolute Gasteiger partial charge is 0.438 e. The van der Waals surface area contributed by atoms with Gasteiger partial charge in [0.15, 0.2) is 0 Å². The summed E-state index contributed by atoms with van der Waals surface area (Å²) in [5.74, 6) is 1.30. The lowest BCUT2D eigenvalue weighted by Gasteiger charge is -2.07. The summed E-state index contributed by atoms with van der Waals surface area (Å²) in [6, 6.07) is 9.57. The number of hydrogen-bond donors (Lipinski definition) is 1. The topological polar surface area (TPSA) is 34.1 Å². The zero-order chi connectivity index (χ0) is 12.3. The van der Waals surface area contributed by atoms with Crippen molar-refractivity contribution in [2.75, 3.05) is 12.4 Å². The molecule has 0 unspecified atom stereocenters. The second kappa shape index (κ2) is 5.51. The maximum atomic E-state index is 5.66. The molecule has 88 valence electrons. The molecule has 0 fully saturated rings. The molecule has 0 radical (unpaired) electrons. The number of nitrogens with zero attached hydrogens (tertiary/aromatic N) is 1. The number of nitrogens with one attached hydrogen (secondary N) is 1. The Hall–Kier alpha value is -1.07. The Balaban J connectivity index is 2.19. The van der Waals surface area contributed by atoms with Crippen molar-refractivity contribution in [2.24, 2.45) is 0 Å². The molecule has 0 aliphatic rings. The molecule has 0 saturated heterocycles. The Kier molecular flexibility index (Phi) is 4.02. The van der Waals surface area contributed by atoms with E-state index in [-0.39, 0.29) is 0 Å². The molecule has 1 N–H and O–H groups in total. The van der Waals surface area contributed by atoms with Crippen molar-refractivity contribution in [2.45, 2.75) is 0 Å². The lowest BCUT2D eigenvalue weighted by molar-refractivity contribution is 0.459. The SMILES string of the molecule is CNc1ccc(Oc2ncc(Br)cc2Br)cc1. The Bertz CT molecular complexity index is 514. The fraction of sp³-hybridized carbons (Fsp3) is 0.0833. The van der Waals surface area contributed by atoms with Crippen LogP contribution in [0.4, 0.5) is 5.69 Å². The Morgan fingerprint density at radius 1 is 1.18 bits per heavy atom. The minimum absolute atomic E-state index is 0.547. The molecule has 0 aliphatic heterocycles. The normalized spacial score (nSPS) is 10.1. The Morgan fingerprint density at radius 3 is 2.47 bits per heavy atom. The molecule has 0 atom stereocenters. The fourth-order valence-corrected chi connectivity index (χ4v) is 2.35. The van der Waals surface area contributed by atoms with Crippen LogP contribution in [0.15, 0.2) is 45.5 Å². The summed E-state index contributed by atoms with van der Waals surface area (Å²) >= 11 is 6.75. The van der Waals surface area contributed by atoms with Crippen molar-refractivity contribution < 1.29 is 4.74 Å². The number of hydrogen-bond acceptors (Lipinski definition) is 3. The molecular formula is C12H10Br2N2O. The smallest absolute Gasteiger partial charge is 0.233 e. The zero-order valence-corrected chi connectivity index (χ0v) is 12.2. The van der Waals surface area contributed by atoms with E-state index < -0.39 is 0 Å². The first kappa shape index (κ1) is 12.4. The van der Waals surface area contributed by atoms with Crippen LogP contribution in [0, 0.1) is 0 Å². The van der Waals surface area contributed by atoms with Gasteiger partial charge in [-0.25, -0.2) is 4.98 Å². The Labute approximate surface area is 116 Å². The molecule has 0 aliphatic carbocycles. The van der Waals surface area contributed by atoms with Gasteiger partial charge in [0, 0.05) is 23.4 Å². The number of ether oxygens (including phenoxy) is 1. The number of aromatic nitrogens is 1. The van der Waals surface area contributed by atoms with E-state index in [1.807, 2.05) is 37.4 Å². The minimum Gasteiger partial charge on any atom is -0.438 e. The molecular weight excluding hydrogens is 348 g/mol. The van der Waals surface area contributed by atoms with Gasteiger partial charge in [-0.2, -0.15) is 0 Å². The van der Waals surface area contributed by atoms with E-state index in [0.29, 0.717) is 5.88 Å². The monoisotopic (exact) mass is 356 g/mol. The van der Waals surface area contributed by atoms with Crippen LogP contribution in [-0.4, -0.2) is 12.0 Å². The van der Waals surface area contributed by atoms with E-state index in [4.69, 9.17) is 4.74 Å². The molecule has 1 heterocycles. The summed E-state index contributed by atoms with van der Waals surface area (Å²) in [5, 5.41) is 3.05. The van der Waals surface area contributed by atoms with Gasteiger partial charge in [-0.05, 0) is 62.2 Å². The van der Waals surface area contributed by atoms with Gasteiger partial charge in [-0.15, -0.1) is 0 Å². The van der Waals surface area contributed by atoms with Crippen LogP contribution in [0.1, 0.15) is 0 Å². The average Bonchev–Trinajstić information content (AvgIpc) is 2.34. The third-order valence-corrected chi connectivity index (χ3v) is 3.13. The summed E-state index contributed by atoms with van der Waals surface area (Å²) in [6.07, 6.45) is 1.70. The van der Waals surface area contributed by atoms with Gasteiger partial charge in [0.2, 0.25) is 5.88 Å². The third-order valence-electron chi connectivity index (χ3n) is 2.13. The first-order chi connectivity index (χ1) is 8.19. The summed E-state index contributed by atoms with van der Waals surface area (Å²) in [5.41, 5.74) is 1.04. The van der Waals surface area contributed by atoms with Gasteiger partial charge < -0.3 is 10.1 Å². The summed E-state index contributed by atoms with van der Waals surface area (Å²) < 4.78 is 7.37. The van der Waals surface area contributed by atoms with Gasteiger partial charge in [0.05, 0.1) is 4.47 Å². The van der Waals surface area contributed by atoms with Gasteiger partial charge in [0.1, 0.15) is 5.75 Å². The third kappa shape index (κ3) is 3.20. The van der Waals surface area contributed by atoms with E-state index in [1.54, 1.807) is 6.20 Å². The average molecular weight is 358 g/mol. The Morgan fingerprint density at radius 2 is 1.88 bits per heavy atom. The molecule has 0 amide bonds. The van der Waals surface area contributed by atoms with Crippen molar-refractivity contribution in [1.29, 1.82) is 0 Å². The maximum absolute atomic E-state index is 5.66. The highest BCUT2D eigenvalue weighted by Crippen LogP contribution is 2.29. The van der Waals surface area contributed by atoms with Crippen molar-refractivity contribution >= 4 is 37.5 Å². The van der Waals surface area contributed by atoms with Gasteiger partial charge >= 0.3 is 0 Å². The molecule has 0 saturated carbocycles. The van der Waals surface area contributed by atoms with Crippen molar-refractivity contribution in [3.05, 3.63) is 45.5 Å². The number of rotatable bonds is 3. The predicted molar refractivity (Wildman–Crippen MR) is 75.7 cm³/mol. The zero-order valence-electron chi connectivity index (χ0n) is 9.08. The molecule has 2 aromatic rings. The molecule has 5 heteroatoms. The lowest BCUT2D eigenvalue weighted by Crippen LogP contribution is -1.90. The number of halogens is 2. The lowest BCUT2D eigenvalue weighted by atomic mass is 10.3. The highest BCUT2D eigenvalue weighted by molar-refractivity contribution is 9.11. The van der Waals surface area contributed by atoms with Crippen LogP contribution < -0.4 is 10.1 Å². The first-order valence-corrected chi connectivity index (χ1v) is 6.54. The van der Waals surface area contributed by atoms with E-state index in [1.165, 1.54) is 0 Å². The van der Waals surface area contributed by atoms with Crippen LogP contribution in [0.25, 0.3) is 0 Å². The fourth-order valence-electron chi connectivity index (χ4n) is 1.28. The molecule has 1 aromatic carbocycles. The standard InChI is InChI=1S/C12H10Br2N2O/c1-15-9-2-4-10(5-3-9)17-12-11(14)6-8(13)7-16-12/h2-7,15H,1H3. The maximum Gasteiger partial charge on any atom is 0.233 e. The van der Waals surface area contributed by atoms with Crippen LogP contribution in [0.5, 0.6) is 11.6 Å². The van der Waals surface area contributed by atoms with Crippen molar-refractivity contribution in [3.63, 3.8) is 0 Å². The summed E-state index contributed by atoms with van der Waals surface area (Å²) in [4.78, 5) is 4.18. The van der Waals surface area contributed by atoms with E-state index in [9.17, 15) is 0 Å². The molecule has 0 bridgehead atoms.